The van der Waals surface area contributed by atoms with Gasteiger partial charge in [0.25, 0.3) is 0 Å². The molecule has 0 unspecified atom stereocenters. The topological polar surface area (TPSA) is 179 Å². The highest BCUT2D eigenvalue weighted by molar-refractivity contribution is 5.91. The van der Waals surface area contributed by atoms with E-state index in [0.29, 0.717) is 0 Å². The molecule has 0 rings (SSSR count). The van der Waals surface area contributed by atoms with Gasteiger partial charge in [-0.25, -0.2) is 4.79 Å². The number of rotatable bonds is 9. The second-order valence-corrected chi connectivity index (χ2v) is 4.36. The fourth-order valence-electron chi connectivity index (χ4n) is 1.29. The first kappa shape index (κ1) is 18.8. The first-order valence-electron chi connectivity index (χ1n) is 6.10. The number of nitrogens with two attached hydrogens (primary N) is 1. The standard InChI is InChI=1S/C11H19N3O7/c1-5(12)9(18)14-7(4-15)10(19)13-6(11(20)21)2-3-8(16)17/h5-7,15H,2-4,12H2,1H3,(H,13,19)(H,14,18)(H,16,17)(H,20,21)/t5-,6-,7-/m0/s1. The summed E-state index contributed by atoms with van der Waals surface area (Å²) in [5.41, 5.74) is 5.28. The second-order valence-electron chi connectivity index (χ2n) is 4.36. The average molecular weight is 305 g/mol. The first-order valence-corrected chi connectivity index (χ1v) is 6.10. The molecule has 0 saturated carbocycles. The number of aliphatic carboxylic acids is 2. The van der Waals surface area contributed by atoms with Crippen molar-refractivity contribution in [3.63, 3.8) is 0 Å². The Kier molecular flexibility index (Phi) is 7.94. The normalized spacial score (nSPS) is 14.6. The van der Waals surface area contributed by atoms with Gasteiger partial charge in [-0.1, -0.05) is 0 Å². The largest absolute Gasteiger partial charge is 0.481 e. The molecule has 2 amide bonds. The molecule has 10 heteroatoms. The fourth-order valence-corrected chi connectivity index (χ4v) is 1.29. The van der Waals surface area contributed by atoms with Gasteiger partial charge in [-0.2, -0.15) is 0 Å². The molecule has 21 heavy (non-hydrogen) atoms. The van der Waals surface area contributed by atoms with E-state index in [1.54, 1.807) is 0 Å². The Morgan fingerprint density at radius 2 is 1.57 bits per heavy atom. The number of amides is 2. The number of hydrogen-bond acceptors (Lipinski definition) is 6. The van der Waals surface area contributed by atoms with Gasteiger partial charge in [-0.15, -0.1) is 0 Å². The summed E-state index contributed by atoms with van der Waals surface area (Å²) in [6.07, 6.45) is -0.775. The summed E-state index contributed by atoms with van der Waals surface area (Å²) in [5, 5.41) is 30.6. The zero-order chi connectivity index (χ0) is 16.6. The van der Waals surface area contributed by atoms with E-state index in [0.717, 1.165) is 0 Å². The van der Waals surface area contributed by atoms with Crippen molar-refractivity contribution in [1.29, 1.82) is 0 Å². The summed E-state index contributed by atoms with van der Waals surface area (Å²) in [7, 11) is 0. The molecule has 0 radical (unpaired) electrons. The number of carboxylic acid groups (broad SMARTS) is 2. The smallest absolute Gasteiger partial charge is 0.326 e. The number of aliphatic hydroxyl groups excluding tert-OH is 1. The van der Waals surface area contributed by atoms with Crippen molar-refractivity contribution in [2.75, 3.05) is 6.61 Å². The first-order chi connectivity index (χ1) is 9.68. The maximum Gasteiger partial charge on any atom is 0.326 e. The van der Waals surface area contributed by atoms with Crippen molar-refractivity contribution < 1.29 is 34.5 Å². The summed E-state index contributed by atoms with van der Waals surface area (Å²) in [5.74, 6) is -4.26. The minimum atomic E-state index is -1.44. The summed E-state index contributed by atoms with van der Waals surface area (Å²) in [4.78, 5) is 44.4. The van der Waals surface area contributed by atoms with Crippen LogP contribution in [0.25, 0.3) is 0 Å². The molecule has 10 nitrogen and oxygen atoms in total. The molecule has 0 aromatic rings. The SMILES string of the molecule is C[C@H](N)C(=O)N[C@@H](CO)C(=O)N[C@@H](CCC(=O)O)C(=O)O. The molecule has 0 bridgehead atoms. The van der Waals surface area contributed by atoms with E-state index in [2.05, 4.69) is 5.32 Å². The van der Waals surface area contributed by atoms with Gasteiger partial charge in [-0.05, 0) is 13.3 Å². The molecule has 0 aliphatic heterocycles. The number of carboxylic acids is 2. The minimum absolute atomic E-state index is 0.324. The maximum absolute atomic E-state index is 11.8. The fraction of sp³-hybridized carbons (Fsp3) is 0.636. The van der Waals surface area contributed by atoms with Crippen molar-refractivity contribution in [3.8, 4) is 0 Å². The van der Waals surface area contributed by atoms with Crippen LogP contribution in [-0.2, 0) is 19.2 Å². The van der Waals surface area contributed by atoms with Crippen molar-refractivity contribution >= 4 is 23.8 Å². The monoisotopic (exact) mass is 305 g/mol. The number of nitrogens with one attached hydrogen (secondary N) is 2. The summed E-state index contributed by atoms with van der Waals surface area (Å²) >= 11 is 0. The van der Waals surface area contributed by atoms with Gasteiger partial charge in [0.2, 0.25) is 11.8 Å². The van der Waals surface area contributed by atoms with Crippen molar-refractivity contribution in [1.82, 2.24) is 10.6 Å². The number of hydrogen-bond donors (Lipinski definition) is 6. The van der Waals surface area contributed by atoms with Crippen LogP contribution in [0.1, 0.15) is 19.8 Å². The van der Waals surface area contributed by atoms with Gasteiger partial charge in [-0.3, -0.25) is 14.4 Å². The molecule has 0 aromatic heterocycles. The average Bonchev–Trinajstić information content (AvgIpc) is 2.39. The summed E-state index contributed by atoms with van der Waals surface area (Å²) in [6.45, 7) is 0.615. The lowest BCUT2D eigenvalue weighted by molar-refractivity contribution is -0.143. The lowest BCUT2D eigenvalue weighted by Crippen LogP contribution is -2.55. The Morgan fingerprint density at radius 1 is 1.05 bits per heavy atom. The van der Waals surface area contributed by atoms with Gasteiger partial charge in [0.15, 0.2) is 0 Å². The van der Waals surface area contributed by atoms with Crippen LogP contribution < -0.4 is 16.4 Å². The molecular formula is C11H19N3O7. The third kappa shape index (κ3) is 7.22. The number of aliphatic hydroxyl groups is 1. The van der Waals surface area contributed by atoms with E-state index >= 15 is 0 Å². The third-order valence-electron chi connectivity index (χ3n) is 2.49. The molecule has 0 spiro atoms. The van der Waals surface area contributed by atoms with E-state index in [4.69, 9.17) is 21.1 Å². The van der Waals surface area contributed by atoms with Crippen LogP contribution in [0.4, 0.5) is 0 Å². The predicted octanol–water partition coefficient (Wildman–Crippen LogP) is -2.76. The Bertz CT molecular complexity index is 411. The van der Waals surface area contributed by atoms with E-state index in [-0.39, 0.29) is 6.42 Å². The molecule has 0 aromatic carbocycles. The molecule has 0 fully saturated rings. The molecule has 0 saturated heterocycles. The molecule has 120 valence electrons. The Balaban J connectivity index is 4.66. The van der Waals surface area contributed by atoms with Gasteiger partial charge >= 0.3 is 11.9 Å². The van der Waals surface area contributed by atoms with Gasteiger partial charge in [0, 0.05) is 6.42 Å². The molecule has 0 aliphatic carbocycles. The number of carbonyl (C=O) groups is 4. The van der Waals surface area contributed by atoms with Crippen LogP contribution >= 0.6 is 0 Å². The Labute approximate surface area is 120 Å². The van der Waals surface area contributed by atoms with Crippen LogP contribution in [0.2, 0.25) is 0 Å². The lowest BCUT2D eigenvalue weighted by Gasteiger charge is -2.20. The van der Waals surface area contributed by atoms with E-state index in [1.165, 1.54) is 6.92 Å². The predicted molar refractivity (Wildman–Crippen MR) is 69.1 cm³/mol. The highest BCUT2D eigenvalue weighted by Gasteiger charge is 2.27. The van der Waals surface area contributed by atoms with Gasteiger partial charge in [0.1, 0.15) is 12.1 Å². The molecule has 0 aliphatic rings. The Morgan fingerprint density at radius 3 is 1.95 bits per heavy atom. The van der Waals surface area contributed by atoms with Crippen LogP contribution in [0.15, 0.2) is 0 Å². The molecule has 0 heterocycles. The van der Waals surface area contributed by atoms with Crippen LogP contribution in [0.5, 0.6) is 0 Å². The van der Waals surface area contributed by atoms with E-state index < -0.39 is 54.9 Å². The second kappa shape index (κ2) is 8.87. The minimum Gasteiger partial charge on any atom is -0.481 e. The highest BCUT2D eigenvalue weighted by atomic mass is 16.4. The van der Waals surface area contributed by atoms with Gasteiger partial charge < -0.3 is 31.7 Å². The van der Waals surface area contributed by atoms with Crippen molar-refractivity contribution in [3.05, 3.63) is 0 Å². The Hall–Kier alpha value is -2.20. The summed E-state index contributed by atoms with van der Waals surface area (Å²) in [6, 6.07) is -3.71. The van der Waals surface area contributed by atoms with Crippen molar-refractivity contribution in [2.24, 2.45) is 5.73 Å². The lowest BCUT2D eigenvalue weighted by atomic mass is 10.1. The zero-order valence-electron chi connectivity index (χ0n) is 11.4. The molecular weight excluding hydrogens is 286 g/mol. The van der Waals surface area contributed by atoms with Crippen LogP contribution in [0, 0.1) is 0 Å². The van der Waals surface area contributed by atoms with Crippen LogP contribution in [-0.4, -0.2) is 63.8 Å². The highest BCUT2D eigenvalue weighted by Crippen LogP contribution is 1.99. The third-order valence-corrected chi connectivity index (χ3v) is 2.49. The summed E-state index contributed by atoms with van der Waals surface area (Å²) < 4.78 is 0. The van der Waals surface area contributed by atoms with E-state index in [9.17, 15) is 19.2 Å². The van der Waals surface area contributed by atoms with Gasteiger partial charge in [0.05, 0.1) is 12.6 Å². The van der Waals surface area contributed by atoms with E-state index in [1.807, 2.05) is 5.32 Å². The molecule has 7 N–H and O–H groups in total. The maximum atomic E-state index is 11.8. The van der Waals surface area contributed by atoms with Crippen molar-refractivity contribution in [2.45, 2.75) is 37.9 Å². The zero-order valence-corrected chi connectivity index (χ0v) is 11.4. The quantitative estimate of drug-likeness (QED) is 0.265. The molecule has 3 atom stereocenters. The number of carbonyl (C=O) groups excluding carboxylic acids is 2. The van der Waals surface area contributed by atoms with Crippen LogP contribution in [0.3, 0.4) is 0 Å².